The average Bonchev–Trinajstić information content (AvgIpc) is 2.78. The molecule has 1 fully saturated rings. The summed E-state index contributed by atoms with van der Waals surface area (Å²) in [5.41, 5.74) is 3.77. The number of nitrogens with one attached hydrogen (secondary N) is 1. The number of aryl methyl sites for hydroxylation is 1. The monoisotopic (exact) mass is 346 g/mol. The molecule has 0 spiro atoms. The highest BCUT2D eigenvalue weighted by Gasteiger charge is 2.29. The van der Waals surface area contributed by atoms with Gasteiger partial charge in [0.15, 0.2) is 5.11 Å². The summed E-state index contributed by atoms with van der Waals surface area (Å²) in [6.07, 6.45) is 2.77. The first kappa shape index (κ1) is 18.5. The van der Waals surface area contributed by atoms with Crippen LogP contribution >= 0.6 is 12.2 Å². The number of hydrogen-bond acceptors (Lipinski definition) is 3. The number of thiocarbonyl (C=S) groups is 1. The van der Waals surface area contributed by atoms with E-state index in [2.05, 4.69) is 25.2 Å². The second-order valence-electron chi connectivity index (χ2n) is 6.28. The molecule has 0 aromatic heterocycles. The smallest absolute Gasteiger partial charge is 0.276 e. The molecule has 0 aliphatic carbocycles. The van der Waals surface area contributed by atoms with Crippen molar-refractivity contribution >= 4 is 29.3 Å². The van der Waals surface area contributed by atoms with Gasteiger partial charge in [-0.05, 0) is 73.3 Å². The van der Waals surface area contributed by atoms with Gasteiger partial charge in [-0.1, -0.05) is 20.8 Å². The Labute approximate surface area is 149 Å². The molecule has 1 aliphatic rings. The Morgan fingerprint density at radius 3 is 2.62 bits per heavy atom. The van der Waals surface area contributed by atoms with Crippen LogP contribution in [0, 0.1) is 6.92 Å². The van der Waals surface area contributed by atoms with Crippen molar-refractivity contribution in [2.75, 3.05) is 13.2 Å². The van der Waals surface area contributed by atoms with Gasteiger partial charge in [0.2, 0.25) is 0 Å². The molecule has 1 aromatic rings. The maximum Gasteiger partial charge on any atom is 0.276 e. The topological polar surface area (TPSA) is 41.6 Å². The van der Waals surface area contributed by atoms with E-state index in [0.29, 0.717) is 29.9 Å². The van der Waals surface area contributed by atoms with E-state index in [-0.39, 0.29) is 5.91 Å². The summed E-state index contributed by atoms with van der Waals surface area (Å²) in [6.45, 7) is 11.6. The van der Waals surface area contributed by atoms with Crippen molar-refractivity contribution in [2.45, 2.75) is 47.0 Å². The van der Waals surface area contributed by atoms with Crippen LogP contribution in [0.2, 0.25) is 0 Å². The summed E-state index contributed by atoms with van der Waals surface area (Å²) in [5.74, 6) is 1.21. The van der Waals surface area contributed by atoms with Crippen LogP contribution in [0.1, 0.15) is 56.7 Å². The van der Waals surface area contributed by atoms with E-state index in [1.807, 2.05) is 32.9 Å². The molecule has 5 heteroatoms. The highest BCUT2D eigenvalue weighted by Crippen LogP contribution is 2.31. The van der Waals surface area contributed by atoms with Crippen LogP contribution < -0.4 is 10.1 Å². The minimum atomic E-state index is -0.0544. The van der Waals surface area contributed by atoms with Gasteiger partial charge in [0, 0.05) is 6.54 Å². The molecule has 1 aliphatic heterocycles. The number of hydrogen-bond donors (Lipinski definition) is 1. The summed E-state index contributed by atoms with van der Waals surface area (Å²) in [7, 11) is 0. The minimum absolute atomic E-state index is 0.0544. The second-order valence-corrected chi connectivity index (χ2v) is 6.67. The van der Waals surface area contributed by atoms with Crippen LogP contribution in [0.25, 0.3) is 6.08 Å². The number of ether oxygens (including phenoxy) is 1. The van der Waals surface area contributed by atoms with E-state index in [1.165, 1.54) is 0 Å². The lowest BCUT2D eigenvalue weighted by atomic mass is 9.96. The molecule has 2 rings (SSSR count). The maximum atomic E-state index is 12.5. The van der Waals surface area contributed by atoms with E-state index in [0.717, 1.165) is 28.9 Å². The molecule has 1 heterocycles. The molecule has 4 nitrogen and oxygen atoms in total. The predicted molar refractivity (Wildman–Crippen MR) is 102 cm³/mol. The zero-order chi connectivity index (χ0) is 17.9. The van der Waals surface area contributed by atoms with Gasteiger partial charge < -0.3 is 10.1 Å². The third-order valence-electron chi connectivity index (χ3n) is 4.03. The molecule has 0 bridgehead atoms. The Kier molecular flexibility index (Phi) is 5.99. The van der Waals surface area contributed by atoms with E-state index in [9.17, 15) is 4.79 Å². The Balaban J connectivity index is 2.41. The maximum absolute atomic E-state index is 12.5. The van der Waals surface area contributed by atoms with Crippen LogP contribution in [-0.4, -0.2) is 29.1 Å². The Bertz CT molecular complexity index is 680. The SMILES string of the molecule is CCCN1C(=O)C(=Cc2cc(C(C)C)c(OCC)cc2C)NC1=S. The van der Waals surface area contributed by atoms with Crippen LogP contribution in [0.5, 0.6) is 5.75 Å². The molecule has 1 saturated heterocycles. The van der Waals surface area contributed by atoms with Crippen molar-refractivity contribution in [3.05, 3.63) is 34.5 Å². The number of amides is 1. The van der Waals surface area contributed by atoms with E-state index < -0.39 is 0 Å². The molecule has 130 valence electrons. The lowest BCUT2D eigenvalue weighted by Gasteiger charge is -2.16. The first-order chi connectivity index (χ1) is 11.4. The summed E-state index contributed by atoms with van der Waals surface area (Å²) >= 11 is 5.26. The van der Waals surface area contributed by atoms with Crippen LogP contribution in [0.15, 0.2) is 17.8 Å². The van der Waals surface area contributed by atoms with Gasteiger partial charge in [0.25, 0.3) is 5.91 Å². The molecule has 24 heavy (non-hydrogen) atoms. The third kappa shape index (κ3) is 3.78. The number of carbonyl (C=O) groups excluding carboxylic acids is 1. The average molecular weight is 346 g/mol. The molecular formula is C19H26N2O2S. The predicted octanol–water partition coefficient (Wildman–Crippen LogP) is 3.98. The summed E-state index contributed by atoms with van der Waals surface area (Å²) in [5, 5.41) is 3.53. The quantitative estimate of drug-likeness (QED) is 0.625. The standard InChI is InChI=1S/C19H26N2O2S/c1-6-8-21-18(22)16(20-19(21)24)11-14-10-15(12(3)4)17(23-7-2)9-13(14)5/h9-12H,6-8H2,1-5H3,(H,20,24). The number of carbonyl (C=O) groups is 1. The van der Waals surface area contributed by atoms with Gasteiger partial charge in [-0.2, -0.15) is 0 Å². The van der Waals surface area contributed by atoms with E-state index in [1.54, 1.807) is 4.90 Å². The molecule has 1 amide bonds. The first-order valence-electron chi connectivity index (χ1n) is 8.50. The van der Waals surface area contributed by atoms with Crippen molar-refractivity contribution in [2.24, 2.45) is 0 Å². The molecule has 0 saturated carbocycles. The van der Waals surface area contributed by atoms with Gasteiger partial charge in [-0.25, -0.2) is 0 Å². The Hall–Kier alpha value is -1.88. The van der Waals surface area contributed by atoms with Crippen molar-refractivity contribution in [1.29, 1.82) is 0 Å². The number of nitrogens with zero attached hydrogens (tertiary/aromatic N) is 1. The van der Waals surface area contributed by atoms with Gasteiger partial charge in [-0.3, -0.25) is 9.69 Å². The van der Waals surface area contributed by atoms with Crippen LogP contribution in [0.3, 0.4) is 0 Å². The van der Waals surface area contributed by atoms with Crippen molar-refractivity contribution in [3.8, 4) is 5.75 Å². The summed E-state index contributed by atoms with van der Waals surface area (Å²) < 4.78 is 5.76. The van der Waals surface area contributed by atoms with Crippen molar-refractivity contribution in [3.63, 3.8) is 0 Å². The lowest BCUT2D eigenvalue weighted by Crippen LogP contribution is -2.31. The normalized spacial score (nSPS) is 16.2. The van der Waals surface area contributed by atoms with Crippen molar-refractivity contribution in [1.82, 2.24) is 10.2 Å². The number of benzene rings is 1. The first-order valence-corrected chi connectivity index (χ1v) is 8.91. The molecule has 0 atom stereocenters. The Morgan fingerprint density at radius 1 is 1.33 bits per heavy atom. The fraction of sp³-hybridized carbons (Fsp3) is 0.474. The molecule has 1 N–H and O–H groups in total. The molecule has 0 unspecified atom stereocenters. The van der Waals surface area contributed by atoms with Gasteiger partial charge in [0.05, 0.1) is 6.61 Å². The van der Waals surface area contributed by atoms with Gasteiger partial charge in [-0.15, -0.1) is 0 Å². The molecular weight excluding hydrogens is 320 g/mol. The highest BCUT2D eigenvalue weighted by atomic mass is 32.1. The minimum Gasteiger partial charge on any atom is -0.494 e. The van der Waals surface area contributed by atoms with Crippen LogP contribution in [0.4, 0.5) is 0 Å². The zero-order valence-electron chi connectivity index (χ0n) is 15.1. The largest absolute Gasteiger partial charge is 0.494 e. The van der Waals surface area contributed by atoms with Gasteiger partial charge >= 0.3 is 0 Å². The van der Waals surface area contributed by atoms with Crippen LogP contribution in [-0.2, 0) is 4.79 Å². The van der Waals surface area contributed by atoms with Gasteiger partial charge in [0.1, 0.15) is 11.4 Å². The second kappa shape index (κ2) is 7.79. The van der Waals surface area contributed by atoms with E-state index >= 15 is 0 Å². The summed E-state index contributed by atoms with van der Waals surface area (Å²) in [4.78, 5) is 14.1. The lowest BCUT2D eigenvalue weighted by molar-refractivity contribution is -0.122. The number of rotatable bonds is 6. The molecule has 1 aromatic carbocycles. The van der Waals surface area contributed by atoms with E-state index in [4.69, 9.17) is 17.0 Å². The summed E-state index contributed by atoms with van der Waals surface area (Å²) in [6, 6.07) is 4.16. The highest BCUT2D eigenvalue weighted by molar-refractivity contribution is 7.80. The Morgan fingerprint density at radius 2 is 2.04 bits per heavy atom. The zero-order valence-corrected chi connectivity index (χ0v) is 15.9. The molecule has 0 radical (unpaired) electrons. The fourth-order valence-corrected chi connectivity index (χ4v) is 3.04. The fourth-order valence-electron chi connectivity index (χ4n) is 2.76. The van der Waals surface area contributed by atoms with Crippen molar-refractivity contribution < 1.29 is 9.53 Å². The third-order valence-corrected chi connectivity index (χ3v) is 4.35.